The minimum Gasteiger partial charge on any atom is -0.495 e. The van der Waals surface area contributed by atoms with E-state index in [4.69, 9.17) is 9.47 Å². The molecular weight excluding hydrogens is 422 g/mol. The van der Waals surface area contributed by atoms with E-state index < -0.39 is 11.8 Å². The fourth-order valence-electron chi connectivity index (χ4n) is 3.52. The zero-order valence-electron chi connectivity index (χ0n) is 19.5. The molecule has 0 saturated heterocycles. The molecular formula is C25H29N3O5. The van der Waals surface area contributed by atoms with E-state index in [1.165, 1.54) is 11.8 Å². The van der Waals surface area contributed by atoms with Gasteiger partial charge in [0.05, 0.1) is 37.6 Å². The van der Waals surface area contributed by atoms with E-state index in [-0.39, 0.29) is 36.4 Å². The number of hydrogen-bond donors (Lipinski definition) is 2. The van der Waals surface area contributed by atoms with Gasteiger partial charge in [0.25, 0.3) is 11.8 Å². The summed E-state index contributed by atoms with van der Waals surface area (Å²) < 4.78 is 11.0. The van der Waals surface area contributed by atoms with E-state index >= 15 is 0 Å². The van der Waals surface area contributed by atoms with Crippen molar-refractivity contribution < 1.29 is 23.9 Å². The average molecular weight is 452 g/mol. The monoisotopic (exact) mass is 451 g/mol. The van der Waals surface area contributed by atoms with Crippen LogP contribution in [0.1, 0.15) is 31.9 Å². The van der Waals surface area contributed by atoms with Gasteiger partial charge in [0.2, 0.25) is 5.91 Å². The van der Waals surface area contributed by atoms with E-state index in [1.54, 1.807) is 37.4 Å². The van der Waals surface area contributed by atoms with Crippen LogP contribution < -0.4 is 15.4 Å². The molecule has 1 aliphatic rings. The Labute approximate surface area is 193 Å². The molecule has 2 aromatic rings. The average Bonchev–Trinajstić information content (AvgIpc) is 2.98. The van der Waals surface area contributed by atoms with E-state index in [0.29, 0.717) is 22.7 Å². The summed E-state index contributed by atoms with van der Waals surface area (Å²) in [6, 6.07) is 12.3. The van der Waals surface area contributed by atoms with Crippen molar-refractivity contribution in [1.29, 1.82) is 0 Å². The Morgan fingerprint density at radius 1 is 1.06 bits per heavy atom. The summed E-state index contributed by atoms with van der Waals surface area (Å²) in [5.74, 6) is -0.486. The van der Waals surface area contributed by atoms with E-state index in [1.807, 2.05) is 32.9 Å². The second kappa shape index (κ2) is 10.3. The summed E-state index contributed by atoms with van der Waals surface area (Å²) in [6.07, 6.45) is -0.0132. The Bertz CT molecular complexity index is 1090. The van der Waals surface area contributed by atoms with Gasteiger partial charge in [0.15, 0.2) is 0 Å². The molecule has 3 rings (SSSR count). The SMILES string of the molecule is COc1ccc(C)cc1NC1=C(c2ccc(NC(C)=O)cc2)C(=O)N(CCOC(C)C)C1=O. The molecule has 174 valence electrons. The highest BCUT2D eigenvalue weighted by molar-refractivity contribution is 6.36. The third kappa shape index (κ3) is 5.59. The highest BCUT2D eigenvalue weighted by atomic mass is 16.5. The maximum atomic E-state index is 13.3. The Kier molecular flexibility index (Phi) is 7.50. The smallest absolute Gasteiger partial charge is 0.278 e. The number of anilines is 2. The van der Waals surface area contributed by atoms with E-state index in [2.05, 4.69) is 10.6 Å². The highest BCUT2D eigenvalue weighted by Gasteiger charge is 2.39. The number of ether oxygens (including phenoxy) is 2. The number of carbonyl (C=O) groups is 3. The predicted octanol–water partition coefficient (Wildman–Crippen LogP) is 3.58. The van der Waals surface area contributed by atoms with Gasteiger partial charge in [-0.05, 0) is 56.2 Å². The zero-order valence-corrected chi connectivity index (χ0v) is 19.5. The van der Waals surface area contributed by atoms with Gasteiger partial charge in [0.1, 0.15) is 11.4 Å². The molecule has 8 nitrogen and oxygen atoms in total. The van der Waals surface area contributed by atoms with E-state index in [9.17, 15) is 14.4 Å². The normalized spacial score (nSPS) is 13.7. The van der Waals surface area contributed by atoms with Gasteiger partial charge in [-0.3, -0.25) is 19.3 Å². The molecule has 0 fully saturated rings. The fourth-order valence-corrected chi connectivity index (χ4v) is 3.52. The molecule has 0 aromatic heterocycles. The Morgan fingerprint density at radius 2 is 1.76 bits per heavy atom. The molecule has 0 spiro atoms. The van der Waals surface area contributed by atoms with Crippen molar-refractivity contribution in [1.82, 2.24) is 4.90 Å². The number of imide groups is 1. The molecule has 3 amide bonds. The number of aryl methyl sites for hydroxylation is 1. The molecule has 33 heavy (non-hydrogen) atoms. The van der Waals surface area contributed by atoms with Crippen LogP contribution in [0.2, 0.25) is 0 Å². The number of hydrogen-bond acceptors (Lipinski definition) is 6. The van der Waals surface area contributed by atoms with Crippen molar-refractivity contribution in [3.8, 4) is 5.75 Å². The Balaban J connectivity index is 2.01. The molecule has 2 N–H and O–H groups in total. The summed E-state index contributed by atoms with van der Waals surface area (Å²) in [6.45, 7) is 7.52. The van der Waals surface area contributed by atoms with Crippen LogP contribution in [0.25, 0.3) is 5.57 Å². The summed E-state index contributed by atoms with van der Waals surface area (Å²) in [5, 5.41) is 5.83. The van der Waals surface area contributed by atoms with Gasteiger partial charge in [-0.15, -0.1) is 0 Å². The van der Waals surface area contributed by atoms with Crippen molar-refractivity contribution in [2.24, 2.45) is 0 Å². The molecule has 0 bridgehead atoms. The minimum atomic E-state index is -0.433. The van der Waals surface area contributed by atoms with Crippen molar-refractivity contribution >= 4 is 34.7 Å². The van der Waals surface area contributed by atoms with Gasteiger partial charge < -0.3 is 20.1 Å². The Morgan fingerprint density at radius 3 is 2.36 bits per heavy atom. The van der Waals surface area contributed by atoms with Crippen molar-refractivity contribution in [3.63, 3.8) is 0 Å². The van der Waals surface area contributed by atoms with Gasteiger partial charge in [-0.1, -0.05) is 18.2 Å². The molecule has 0 radical (unpaired) electrons. The summed E-state index contributed by atoms with van der Waals surface area (Å²) >= 11 is 0. The van der Waals surface area contributed by atoms with Crippen molar-refractivity contribution in [2.75, 3.05) is 30.9 Å². The topological polar surface area (TPSA) is 97.0 Å². The molecule has 0 unspecified atom stereocenters. The minimum absolute atomic E-state index is 0.0132. The van der Waals surface area contributed by atoms with Gasteiger partial charge >= 0.3 is 0 Å². The molecule has 0 saturated carbocycles. The molecule has 0 aliphatic carbocycles. The number of nitrogens with zero attached hydrogens (tertiary/aromatic N) is 1. The first-order valence-electron chi connectivity index (χ1n) is 10.7. The van der Waals surface area contributed by atoms with Gasteiger partial charge in [0, 0.05) is 12.6 Å². The van der Waals surface area contributed by atoms with Gasteiger partial charge in [-0.25, -0.2) is 0 Å². The lowest BCUT2D eigenvalue weighted by atomic mass is 10.0. The van der Waals surface area contributed by atoms with Gasteiger partial charge in [-0.2, -0.15) is 0 Å². The second-order valence-corrected chi connectivity index (χ2v) is 8.02. The lowest BCUT2D eigenvalue weighted by Gasteiger charge is -2.17. The van der Waals surface area contributed by atoms with Crippen molar-refractivity contribution in [2.45, 2.75) is 33.8 Å². The van der Waals surface area contributed by atoms with Crippen LogP contribution in [0, 0.1) is 6.92 Å². The lowest BCUT2D eigenvalue weighted by Crippen LogP contribution is -2.35. The summed E-state index contributed by atoms with van der Waals surface area (Å²) in [4.78, 5) is 39.1. The maximum absolute atomic E-state index is 13.3. The van der Waals surface area contributed by atoms with Crippen LogP contribution >= 0.6 is 0 Å². The number of methoxy groups -OCH3 is 1. The number of benzene rings is 2. The first kappa shape index (κ1) is 24.0. The summed E-state index contributed by atoms with van der Waals surface area (Å²) in [7, 11) is 1.54. The third-order valence-corrected chi connectivity index (χ3v) is 5.04. The van der Waals surface area contributed by atoms with Crippen LogP contribution in [-0.2, 0) is 19.1 Å². The number of nitrogens with one attached hydrogen (secondary N) is 2. The van der Waals surface area contributed by atoms with Crippen LogP contribution in [0.5, 0.6) is 5.75 Å². The van der Waals surface area contributed by atoms with Crippen LogP contribution in [0.3, 0.4) is 0 Å². The number of rotatable bonds is 9. The van der Waals surface area contributed by atoms with Crippen LogP contribution in [0.15, 0.2) is 48.2 Å². The Hall–Kier alpha value is -3.65. The quantitative estimate of drug-likeness (QED) is 0.566. The van der Waals surface area contributed by atoms with Crippen LogP contribution in [0.4, 0.5) is 11.4 Å². The first-order chi connectivity index (χ1) is 15.7. The van der Waals surface area contributed by atoms with Crippen molar-refractivity contribution in [3.05, 3.63) is 59.3 Å². The first-order valence-corrected chi connectivity index (χ1v) is 10.7. The lowest BCUT2D eigenvalue weighted by molar-refractivity contribution is -0.138. The fraction of sp³-hybridized carbons (Fsp3) is 0.320. The maximum Gasteiger partial charge on any atom is 0.278 e. The molecule has 8 heteroatoms. The zero-order chi connectivity index (χ0) is 24.1. The second-order valence-electron chi connectivity index (χ2n) is 8.02. The van der Waals surface area contributed by atoms with E-state index in [0.717, 1.165) is 5.56 Å². The number of carbonyl (C=O) groups excluding carboxylic acids is 3. The third-order valence-electron chi connectivity index (χ3n) is 5.04. The largest absolute Gasteiger partial charge is 0.495 e. The predicted molar refractivity (Wildman–Crippen MR) is 127 cm³/mol. The number of amides is 3. The molecule has 2 aromatic carbocycles. The highest BCUT2D eigenvalue weighted by Crippen LogP contribution is 2.34. The molecule has 0 atom stereocenters. The molecule has 1 aliphatic heterocycles. The van der Waals surface area contributed by atoms with Crippen LogP contribution in [-0.4, -0.2) is 49.0 Å². The molecule has 1 heterocycles. The standard InChI is InChI=1S/C25H29N3O5/c1-15(2)33-13-12-28-24(30)22(18-7-9-19(10-8-18)26-17(4)29)23(25(28)31)27-20-14-16(3)6-11-21(20)32-5/h6-11,14-15,27H,12-13H2,1-5H3,(H,26,29). The summed E-state index contributed by atoms with van der Waals surface area (Å²) in [5.41, 5.74) is 3.13.